The zero-order valence-electron chi connectivity index (χ0n) is 10.9. The summed E-state index contributed by atoms with van der Waals surface area (Å²) in [7, 11) is 1.63. The van der Waals surface area contributed by atoms with Crippen LogP contribution in [-0.2, 0) is 16.1 Å². The molecule has 0 unspecified atom stereocenters. The molecule has 1 aromatic rings. The highest BCUT2D eigenvalue weighted by Gasteiger charge is 2.05. The van der Waals surface area contributed by atoms with E-state index in [9.17, 15) is 4.79 Å². The van der Waals surface area contributed by atoms with E-state index in [1.807, 2.05) is 25.1 Å². The predicted octanol–water partition coefficient (Wildman–Crippen LogP) is 0.595. The monoisotopic (exact) mass is 252 g/mol. The molecule has 0 heterocycles. The van der Waals surface area contributed by atoms with Gasteiger partial charge in [0.1, 0.15) is 12.4 Å². The lowest BCUT2D eigenvalue weighted by Crippen LogP contribution is -2.29. The van der Waals surface area contributed by atoms with Gasteiger partial charge in [0, 0.05) is 19.2 Å². The Morgan fingerprint density at radius 3 is 2.83 bits per heavy atom. The van der Waals surface area contributed by atoms with Crippen LogP contribution >= 0.6 is 0 Å². The number of methoxy groups -OCH3 is 1. The molecule has 1 amide bonds. The Balaban J connectivity index is 2.66. The molecule has 0 atom stereocenters. The molecule has 0 aliphatic rings. The smallest absolute Gasteiger partial charge is 0.234 e. The minimum Gasteiger partial charge on any atom is -0.491 e. The fraction of sp³-hybridized carbons (Fsp3) is 0.462. The zero-order chi connectivity index (χ0) is 13.4. The molecule has 0 aliphatic heterocycles. The third-order valence-electron chi connectivity index (χ3n) is 2.43. The van der Waals surface area contributed by atoms with Gasteiger partial charge in [-0.1, -0.05) is 12.1 Å². The van der Waals surface area contributed by atoms with Gasteiger partial charge in [-0.05, 0) is 18.6 Å². The van der Waals surface area contributed by atoms with E-state index < -0.39 is 0 Å². The standard InChI is InChI=1S/C13H20N2O3/c1-10-3-4-11(9-15-13(16)8-14)12(7-10)18-6-5-17-2/h3-4,7H,5-6,8-9,14H2,1-2H3,(H,15,16). The Morgan fingerprint density at radius 1 is 1.39 bits per heavy atom. The van der Waals surface area contributed by atoms with Gasteiger partial charge in [-0.15, -0.1) is 0 Å². The van der Waals surface area contributed by atoms with Crippen molar-refractivity contribution >= 4 is 5.91 Å². The van der Waals surface area contributed by atoms with Crippen molar-refractivity contribution in [3.8, 4) is 5.75 Å². The Hall–Kier alpha value is -1.59. The Bertz CT molecular complexity index is 394. The second-order valence-electron chi connectivity index (χ2n) is 3.93. The van der Waals surface area contributed by atoms with Gasteiger partial charge >= 0.3 is 0 Å². The van der Waals surface area contributed by atoms with E-state index >= 15 is 0 Å². The predicted molar refractivity (Wildman–Crippen MR) is 69.5 cm³/mol. The fourth-order valence-electron chi connectivity index (χ4n) is 1.44. The molecule has 0 aliphatic carbocycles. The molecule has 5 heteroatoms. The van der Waals surface area contributed by atoms with Crippen LogP contribution in [0.1, 0.15) is 11.1 Å². The van der Waals surface area contributed by atoms with Crippen LogP contribution < -0.4 is 15.8 Å². The molecule has 0 radical (unpaired) electrons. The summed E-state index contributed by atoms with van der Waals surface area (Å²) in [6, 6.07) is 5.86. The number of hydrogen-bond donors (Lipinski definition) is 2. The number of benzene rings is 1. The first-order valence-electron chi connectivity index (χ1n) is 5.85. The first kappa shape index (κ1) is 14.5. The number of aryl methyl sites for hydroxylation is 1. The fourth-order valence-corrected chi connectivity index (χ4v) is 1.44. The van der Waals surface area contributed by atoms with Crippen LogP contribution in [0.5, 0.6) is 5.75 Å². The summed E-state index contributed by atoms with van der Waals surface area (Å²) in [5, 5.41) is 2.72. The molecule has 1 rings (SSSR count). The van der Waals surface area contributed by atoms with E-state index in [0.717, 1.165) is 16.9 Å². The Labute approximate surface area is 107 Å². The third kappa shape index (κ3) is 4.73. The van der Waals surface area contributed by atoms with Crippen molar-refractivity contribution in [1.29, 1.82) is 0 Å². The largest absolute Gasteiger partial charge is 0.491 e. The van der Waals surface area contributed by atoms with Crippen LogP contribution in [0.3, 0.4) is 0 Å². The van der Waals surface area contributed by atoms with Crippen LogP contribution in [0.4, 0.5) is 0 Å². The van der Waals surface area contributed by atoms with Crippen molar-refractivity contribution in [3.05, 3.63) is 29.3 Å². The van der Waals surface area contributed by atoms with Crippen LogP contribution in [-0.4, -0.2) is 32.8 Å². The third-order valence-corrected chi connectivity index (χ3v) is 2.43. The minimum atomic E-state index is -0.182. The summed E-state index contributed by atoms with van der Waals surface area (Å²) >= 11 is 0. The van der Waals surface area contributed by atoms with Gasteiger partial charge < -0.3 is 20.5 Å². The lowest BCUT2D eigenvalue weighted by Gasteiger charge is -2.12. The van der Waals surface area contributed by atoms with Crippen molar-refractivity contribution in [1.82, 2.24) is 5.32 Å². The molecular formula is C13H20N2O3. The van der Waals surface area contributed by atoms with Crippen molar-refractivity contribution in [2.24, 2.45) is 5.73 Å². The average Bonchev–Trinajstić information content (AvgIpc) is 2.37. The van der Waals surface area contributed by atoms with Gasteiger partial charge in [-0.3, -0.25) is 4.79 Å². The topological polar surface area (TPSA) is 73.6 Å². The number of carbonyl (C=O) groups is 1. The van der Waals surface area contributed by atoms with Crippen molar-refractivity contribution < 1.29 is 14.3 Å². The Morgan fingerprint density at radius 2 is 2.17 bits per heavy atom. The molecule has 1 aromatic carbocycles. The number of rotatable bonds is 7. The number of nitrogens with one attached hydrogen (secondary N) is 1. The molecular weight excluding hydrogens is 232 g/mol. The second-order valence-corrected chi connectivity index (χ2v) is 3.93. The first-order valence-corrected chi connectivity index (χ1v) is 5.85. The number of ether oxygens (including phenoxy) is 2. The first-order chi connectivity index (χ1) is 8.67. The number of amides is 1. The summed E-state index contributed by atoms with van der Waals surface area (Å²) < 4.78 is 10.6. The molecule has 5 nitrogen and oxygen atoms in total. The average molecular weight is 252 g/mol. The van der Waals surface area contributed by atoms with E-state index in [4.69, 9.17) is 15.2 Å². The molecule has 0 aromatic heterocycles. The summed E-state index contributed by atoms with van der Waals surface area (Å²) in [5.74, 6) is 0.586. The van der Waals surface area contributed by atoms with Crippen LogP contribution in [0, 0.1) is 6.92 Å². The number of hydrogen-bond acceptors (Lipinski definition) is 4. The van der Waals surface area contributed by atoms with Crippen LogP contribution in [0.15, 0.2) is 18.2 Å². The van der Waals surface area contributed by atoms with E-state index in [-0.39, 0.29) is 12.5 Å². The highest BCUT2D eigenvalue weighted by molar-refractivity contribution is 5.77. The maximum Gasteiger partial charge on any atom is 0.234 e. The molecule has 0 bridgehead atoms. The highest BCUT2D eigenvalue weighted by atomic mass is 16.5. The van der Waals surface area contributed by atoms with Crippen molar-refractivity contribution in [2.45, 2.75) is 13.5 Å². The maximum absolute atomic E-state index is 11.1. The van der Waals surface area contributed by atoms with E-state index in [1.165, 1.54) is 0 Å². The normalized spacial score (nSPS) is 10.2. The van der Waals surface area contributed by atoms with Gasteiger partial charge in [-0.25, -0.2) is 0 Å². The Kier molecular flexibility index (Phi) is 6.18. The van der Waals surface area contributed by atoms with Crippen LogP contribution in [0.2, 0.25) is 0 Å². The van der Waals surface area contributed by atoms with E-state index in [0.29, 0.717) is 19.8 Å². The lowest BCUT2D eigenvalue weighted by atomic mass is 10.1. The molecule has 0 saturated heterocycles. The van der Waals surface area contributed by atoms with Gasteiger partial charge in [-0.2, -0.15) is 0 Å². The molecule has 3 N–H and O–H groups in total. The molecule has 0 spiro atoms. The highest BCUT2D eigenvalue weighted by Crippen LogP contribution is 2.20. The molecule has 18 heavy (non-hydrogen) atoms. The minimum absolute atomic E-state index is 0.00821. The maximum atomic E-state index is 11.1. The zero-order valence-corrected chi connectivity index (χ0v) is 10.9. The molecule has 100 valence electrons. The van der Waals surface area contributed by atoms with Gasteiger partial charge in [0.25, 0.3) is 0 Å². The van der Waals surface area contributed by atoms with E-state index in [1.54, 1.807) is 7.11 Å². The summed E-state index contributed by atoms with van der Waals surface area (Å²) in [6.07, 6.45) is 0. The van der Waals surface area contributed by atoms with Crippen molar-refractivity contribution in [2.75, 3.05) is 26.9 Å². The second kappa shape index (κ2) is 7.68. The molecule has 0 saturated carbocycles. The summed E-state index contributed by atoms with van der Waals surface area (Å²) in [6.45, 7) is 3.41. The van der Waals surface area contributed by atoms with Gasteiger partial charge in [0.05, 0.1) is 13.2 Å². The van der Waals surface area contributed by atoms with Crippen LogP contribution in [0.25, 0.3) is 0 Å². The van der Waals surface area contributed by atoms with E-state index in [2.05, 4.69) is 5.32 Å². The van der Waals surface area contributed by atoms with Crippen molar-refractivity contribution in [3.63, 3.8) is 0 Å². The summed E-state index contributed by atoms with van der Waals surface area (Å²) in [5.41, 5.74) is 7.27. The summed E-state index contributed by atoms with van der Waals surface area (Å²) in [4.78, 5) is 11.1. The van der Waals surface area contributed by atoms with Gasteiger partial charge in [0.15, 0.2) is 0 Å². The quantitative estimate of drug-likeness (QED) is 0.697. The number of carbonyl (C=O) groups excluding carboxylic acids is 1. The molecule has 0 fully saturated rings. The number of nitrogens with two attached hydrogens (primary N) is 1. The lowest BCUT2D eigenvalue weighted by molar-refractivity contribution is -0.119. The SMILES string of the molecule is COCCOc1cc(C)ccc1CNC(=O)CN. The van der Waals surface area contributed by atoms with Gasteiger partial charge in [0.2, 0.25) is 5.91 Å².